The highest BCUT2D eigenvalue weighted by Crippen LogP contribution is 2.29. The van der Waals surface area contributed by atoms with E-state index in [0.29, 0.717) is 25.5 Å². The van der Waals surface area contributed by atoms with Gasteiger partial charge < -0.3 is 13.9 Å². The molecule has 31 heavy (non-hydrogen) atoms. The molecule has 0 spiro atoms. The van der Waals surface area contributed by atoms with E-state index in [1.54, 1.807) is 0 Å². The maximum Gasteiger partial charge on any atom is 0.305 e. The molecule has 0 saturated heterocycles. The summed E-state index contributed by atoms with van der Waals surface area (Å²) in [5.74, 6) is 1.36. The van der Waals surface area contributed by atoms with Crippen molar-refractivity contribution in [1.82, 2.24) is 4.98 Å². The number of fused-ring (bicyclic) bond motifs is 2. The molecule has 0 saturated carbocycles. The van der Waals surface area contributed by atoms with Crippen LogP contribution in [0.5, 0.6) is 5.75 Å². The second-order valence-electron chi connectivity index (χ2n) is 7.63. The van der Waals surface area contributed by atoms with Gasteiger partial charge in [0, 0.05) is 12.0 Å². The number of para-hydroxylation sites is 1. The van der Waals surface area contributed by atoms with Crippen LogP contribution in [0.4, 0.5) is 0 Å². The second-order valence-corrected chi connectivity index (χ2v) is 7.63. The highest BCUT2D eigenvalue weighted by molar-refractivity contribution is 5.88. The summed E-state index contributed by atoms with van der Waals surface area (Å²) in [6.07, 6.45) is 3.16. The van der Waals surface area contributed by atoms with Crippen LogP contribution in [-0.4, -0.2) is 24.2 Å². The van der Waals surface area contributed by atoms with Gasteiger partial charge in [0.1, 0.15) is 11.3 Å². The SMILES string of the molecule is CCOC(=O)CCCCCOc1ccc2cc(-c3nc4c(C)cccc4o3)ccc2c1. The molecule has 3 aromatic carbocycles. The van der Waals surface area contributed by atoms with Gasteiger partial charge in [-0.05, 0) is 79.8 Å². The fraction of sp³-hybridized carbons (Fsp3) is 0.308. The van der Waals surface area contributed by atoms with E-state index in [1.807, 2.05) is 50.2 Å². The number of hydrogen-bond acceptors (Lipinski definition) is 5. The maximum atomic E-state index is 11.3. The lowest BCUT2D eigenvalue weighted by Crippen LogP contribution is -2.04. The summed E-state index contributed by atoms with van der Waals surface area (Å²) in [5, 5.41) is 2.22. The molecule has 0 atom stereocenters. The molecule has 1 heterocycles. The Bertz CT molecular complexity index is 1190. The van der Waals surface area contributed by atoms with Crippen molar-refractivity contribution in [2.45, 2.75) is 39.5 Å². The van der Waals surface area contributed by atoms with Crippen molar-refractivity contribution in [3.05, 3.63) is 60.2 Å². The first-order chi connectivity index (χ1) is 15.1. The number of hydrogen-bond donors (Lipinski definition) is 0. The van der Waals surface area contributed by atoms with Gasteiger partial charge in [0.25, 0.3) is 0 Å². The van der Waals surface area contributed by atoms with E-state index < -0.39 is 0 Å². The van der Waals surface area contributed by atoms with Gasteiger partial charge in [0.15, 0.2) is 5.58 Å². The molecule has 0 aliphatic carbocycles. The Balaban J connectivity index is 1.37. The maximum absolute atomic E-state index is 11.3. The lowest BCUT2D eigenvalue weighted by Gasteiger charge is -2.08. The molecule has 4 rings (SSSR count). The number of oxazole rings is 1. The Labute approximate surface area is 182 Å². The zero-order valence-corrected chi connectivity index (χ0v) is 18.0. The standard InChI is InChI=1S/C26H27NO4/c1-3-29-24(28)10-5-4-6-15-30-22-14-13-19-16-21(12-11-20(19)17-22)26-27-25-18(2)8-7-9-23(25)31-26/h7-9,11-14,16-17H,3-6,10,15H2,1-2H3. The molecule has 0 amide bonds. The first kappa shape index (κ1) is 20.9. The van der Waals surface area contributed by atoms with Crippen LogP contribution in [-0.2, 0) is 9.53 Å². The topological polar surface area (TPSA) is 61.6 Å². The molecule has 160 valence electrons. The predicted molar refractivity (Wildman–Crippen MR) is 122 cm³/mol. The largest absolute Gasteiger partial charge is 0.494 e. The van der Waals surface area contributed by atoms with Gasteiger partial charge in [-0.1, -0.05) is 24.3 Å². The minimum Gasteiger partial charge on any atom is -0.494 e. The van der Waals surface area contributed by atoms with Crippen molar-refractivity contribution >= 4 is 27.8 Å². The smallest absolute Gasteiger partial charge is 0.305 e. The zero-order valence-electron chi connectivity index (χ0n) is 18.0. The monoisotopic (exact) mass is 417 g/mol. The number of rotatable bonds is 9. The summed E-state index contributed by atoms with van der Waals surface area (Å²) in [6.45, 7) is 4.94. The van der Waals surface area contributed by atoms with Crippen LogP contribution in [0.2, 0.25) is 0 Å². The van der Waals surface area contributed by atoms with E-state index in [0.717, 1.165) is 58.0 Å². The first-order valence-corrected chi connectivity index (χ1v) is 10.8. The summed E-state index contributed by atoms with van der Waals surface area (Å²) in [6, 6.07) is 18.2. The Morgan fingerprint density at radius 1 is 1.00 bits per heavy atom. The minimum absolute atomic E-state index is 0.120. The van der Waals surface area contributed by atoms with E-state index in [9.17, 15) is 4.79 Å². The van der Waals surface area contributed by atoms with Crippen molar-refractivity contribution in [1.29, 1.82) is 0 Å². The van der Waals surface area contributed by atoms with Gasteiger partial charge in [0.05, 0.1) is 13.2 Å². The van der Waals surface area contributed by atoms with Crippen LogP contribution < -0.4 is 4.74 Å². The van der Waals surface area contributed by atoms with Gasteiger partial charge in [-0.15, -0.1) is 0 Å². The number of nitrogens with zero attached hydrogens (tertiary/aromatic N) is 1. The lowest BCUT2D eigenvalue weighted by molar-refractivity contribution is -0.143. The van der Waals surface area contributed by atoms with Gasteiger partial charge in [-0.3, -0.25) is 4.79 Å². The number of unbranched alkanes of at least 4 members (excludes halogenated alkanes) is 2. The molecule has 4 aromatic rings. The summed E-state index contributed by atoms with van der Waals surface area (Å²) in [7, 11) is 0. The number of esters is 1. The van der Waals surface area contributed by atoms with Crippen molar-refractivity contribution < 1.29 is 18.7 Å². The average Bonchev–Trinajstić information content (AvgIpc) is 3.22. The van der Waals surface area contributed by atoms with Gasteiger partial charge in [0.2, 0.25) is 5.89 Å². The molecule has 1 aromatic heterocycles. The van der Waals surface area contributed by atoms with Crippen molar-refractivity contribution in [3.8, 4) is 17.2 Å². The van der Waals surface area contributed by atoms with E-state index >= 15 is 0 Å². The highest BCUT2D eigenvalue weighted by atomic mass is 16.5. The summed E-state index contributed by atoms with van der Waals surface area (Å²) < 4.78 is 16.8. The molecule has 0 unspecified atom stereocenters. The normalized spacial score (nSPS) is 11.2. The van der Waals surface area contributed by atoms with Crippen molar-refractivity contribution in [3.63, 3.8) is 0 Å². The van der Waals surface area contributed by atoms with Crippen molar-refractivity contribution in [2.75, 3.05) is 13.2 Å². The third-order valence-corrected chi connectivity index (χ3v) is 5.28. The quantitative estimate of drug-likeness (QED) is 0.231. The number of aromatic nitrogens is 1. The Kier molecular flexibility index (Phi) is 6.51. The number of ether oxygens (including phenoxy) is 2. The predicted octanol–water partition coefficient (Wildman–Crippen LogP) is 6.46. The van der Waals surface area contributed by atoms with Crippen LogP contribution >= 0.6 is 0 Å². The highest BCUT2D eigenvalue weighted by Gasteiger charge is 2.10. The second kappa shape index (κ2) is 9.65. The third-order valence-electron chi connectivity index (χ3n) is 5.28. The summed E-state index contributed by atoms with van der Waals surface area (Å²) >= 11 is 0. The van der Waals surface area contributed by atoms with Crippen LogP contribution in [0.25, 0.3) is 33.3 Å². The van der Waals surface area contributed by atoms with E-state index in [4.69, 9.17) is 13.9 Å². The molecule has 0 radical (unpaired) electrons. The van der Waals surface area contributed by atoms with E-state index in [-0.39, 0.29) is 5.97 Å². The summed E-state index contributed by atoms with van der Waals surface area (Å²) in [5.41, 5.74) is 3.78. The third kappa shape index (κ3) is 5.05. The molecule has 0 bridgehead atoms. The molecule has 0 fully saturated rings. The van der Waals surface area contributed by atoms with Gasteiger partial charge >= 0.3 is 5.97 Å². The van der Waals surface area contributed by atoms with Crippen molar-refractivity contribution in [2.24, 2.45) is 0 Å². The summed E-state index contributed by atoms with van der Waals surface area (Å²) in [4.78, 5) is 16.0. The van der Waals surface area contributed by atoms with Crippen LogP contribution in [0.3, 0.4) is 0 Å². The lowest BCUT2D eigenvalue weighted by atomic mass is 10.1. The van der Waals surface area contributed by atoms with E-state index in [2.05, 4.69) is 23.2 Å². The van der Waals surface area contributed by atoms with Gasteiger partial charge in [-0.2, -0.15) is 0 Å². The van der Waals surface area contributed by atoms with Crippen LogP contribution in [0, 0.1) is 6.92 Å². The van der Waals surface area contributed by atoms with E-state index in [1.165, 1.54) is 0 Å². The number of benzene rings is 3. The molecule has 0 aliphatic heterocycles. The molecule has 5 heteroatoms. The fourth-order valence-electron chi connectivity index (χ4n) is 3.63. The first-order valence-electron chi connectivity index (χ1n) is 10.8. The minimum atomic E-state index is -0.120. The fourth-order valence-corrected chi connectivity index (χ4v) is 3.63. The Morgan fingerprint density at radius 3 is 2.68 bits per heavy atom. The molecule has 5 nitrogen and oxygen atoms in total. The van der Waals surface area contributed by atoms with Crippen LogP contribution in [0.15, 0.2) is 59.0 Å². The van der Waals surface area contributed by atoms with Gasteiger partial charge in [-0.25, -0.2) is 4.98 Å². The van der Waals surface area contributed by atoms with Crippen LogP contribution in [0.1, 0.15) is 38.2 Å². The average molecular weight is 418 g/mol. The Morgan fingerprint density at radius 2 is 1.84 bits per heavy atom. The molecular formula is C26H27NO4. The molecule has 0 N–H and O–H groups in total. The number of carbonyl (C=O) groups excluding carboxylic acids is 1. The number of carbonyl (C=O) groups is 1. The molecular weight excluding hydrogens is 390 g/mol. The number of aryl methyl sites for hydroxylation is 1. The molecule has 0 aliphatic rings. The Hall–Kier alpha value is -3.34. The zero-order chi connectivity index (χ0) is 21.6.